The van der Waals surface area contributed by atoms with Crippen LogP contribution in [0.4, 0.5) is 11.4 Å². The van der Waals surface area contributed by atoms with Crippen molar-refractivity contribution in [2.75, 3.05) is 37.0 Å². The van der Waals surface area contributed by atoms with E-state index in [1.807, 2.05) is 54.6 Å². The summed E-state index contributed by atoms with van der Waals surface area (Å²) < 4.78 is 17.2. The summed E-state index contributed by atoms with van der Waals surface area (Å²) in [5, 5.41) is 6.05. The van der Waals surface area contributed by atoms with Crippen LogP contribution in [0.5, 0.6) is 11.5 Å². The SMILES string of the molecule is O=C(CNc1cccc(OCCCc2ccccc2)c1)Nc1ccc(OCC2CCCO2)cc1. The second-order valence-corrected chi connectivity index (χ2v) is 8.34. The molecule has 1 atom stereocenters. The molecule has 1 amide bonds. The zero-order valence-corrected chi connectivity index (χ0v) is 19.4. The van der Waals surface area contributed by atoms with E-state index in [2.05, 4.69) is 34.9 Å². The van der Waals surface area contributed by atoms with Gasteiger partial charge in [0.25, 0.3) is 0 Å². The van der Waals surface area contributed by atoms with Gasteiger partial charge in [-0.25, -0.2) is 0 Å². The number of nitrogens with one attached hydrogen (secondary N) is 2. The van der Waals surface area contributed by atoms with Gasteiger partial charge in [-0.15, -0.1) is 0 Å². The van der Waals surface area contributed by atoms with Crippen molar-refractivity contribution in [2.24, 2.45) is 0 Å². The van der Waals surface area contributed by atoms with Crippen LogP contribution in [-0.4, -0.2) is 38.4 Å². The van der Waals surface area contributed by atoms with Crippen molar-refractivity contribution >= 4 is 17.3 Å². The van der Waals surface area contributed by atoms with Crippen LogP contribution in [-0.2, 0) is 16.0 Å². The molecular weight excluding hydrogens is 428 g/mol. The molecular formula is C28H32N2O4. The highest BCUT2D eigenvalue weighted by Gasteiger charge is 2.15. The van der Waals surface area contributed by atoms with Crippen molar-refractivity contribution in [3.63, 3.8) is 0 Å². The monoisotopic (exact) mass is 460 g/mol. The molecule has 1 aliphatic rings. The zero-order valence-electron chi connectivity index (χ0n) is 19.4. The van der Waals surface area contributed by atoms with E-state index >= 15 is 0 Å². The van der Waals surface area contributed by atoms with Gasteiger partial charge in [-0.1, -0.05) is 36.4 Å². The first-order valence-corrected chi connectivity index (χ1v) is 11.9. The number of ether oxygens (including phenoxy) is 3. The molecule has 1 unspecified atom stereocenters. The van der Waals surface area contributed by atoms with E-state index in [0.717, 1.165) is 55.2 Å². The third-order valence-corrected chi connectivity index (χ3v) is 5.61. The number of hydrogen-bond acceptors (Lipinski definition) is 5. The summed E-state index contributed by atoms with van der Waals surface area (Å²) in [5.41, 5.74) is 2.88. The molecule has 0 saturated carbocycles. The molecule has 0 spiro atoms. The Balaban J connectivity index is 1.15. The Bertz CT molecular complexity index is 1020. The maximum atomic E-state index is 12.3. The highest BCUT2D eigenvalue weighted by molar-refractivity contribution is 5.93. The molecule has 3 aromatic carbocycles. The van der Waals surface area contributed by atoms with Gasteiger partial charge in [-0.3, -0.25) is 4.79 Å². The summed E-state index contributed by atoms with van der Waals surface area (Å²) >= 11 is 0. The molecule has 6 heteroatoms. The number of aryl methyl sites for hydroxylation is 1. The minimum Gasteiger partial charge on any atom is -0.494 e. The fraction of sp³-hybridized carbons (Fsp3) is 0.321. The number of hydrogen-bond donors (Lipinski definition) is 2. The molecule has 2 N–H and O–H groups in total. The van der Waals surface area contributed by atoms with Gasteiger partial charge in [0.1, 0.15) is 18.1 Å². The number of rotatable bonds is 12. The van der Waals surface area contributed by atoms with Crippen LogP contribution in [0.15, 0.2) is 78.9 Å². The van der Waals surface area contributed by atoms with Gasteiger partial charge in [0.2, 0.25) is 5.91 Å². The van der Waals surface area contributed by atoms with Crippen molar-refractivity contribution in [1.29, 1.82) is 0 Å². The first kappa shape index (κ1) is 23.6. The molecule has 178 valence electrons. The number of amides is 1. The number of anilines is 2. The van der Waals surface area contributed by atoms with Crippen LogP contribution in [0.1, 0.15) is 24.8 Å². The molecule has 1 heterocycles. The van der Waals surface area contributed by atoms with Gasteiger partial charge in [-0.2, -0.15) is 0 Å². The van der Waals surface area contributed by atoms with Gasteiger partial charge < -0.3 is 24.8 Å². The summed E-state index contributed by atoms with van der Waals surface area (Å²) in [6, 6.07) is 25.5. The fourth-order valence-electron chi connectivity index (χ4n) is 3.79. The molecule has 3 aromatic rings. The highest BCUT2D eigenvalue weighted by atomic mass is 16.5. The van der Waals surface area contributed by atoms with E-state index in [-0.39, 0.29) is 18.6 Å². The average molecular weight is 461 g/mol. The predicted molar refractivity (Wildman–Crippen MR) is 135 cm³/mol. The van der Waals surface area contributed by atoms with E-state index in [4.69, 9.17) is 14.2 Å². The van der Waals surface area contributed by atoms with Gasteiger partial charge in [0, 0.05) is 24.0 Å². The molecule has 0 bridgehead atoms. The lowest BCUT2D eigenvalue weighted by Crippen LogP contribution is -2.21. The van der Waals surface area contributed by atoms with Gasteiger partial charge >= 0.3 is 0 Å². The first-order chi connectivity index (χ1) is 16.7. The second kappa shape index (κ2) is 12.7. The van der Waals surface area contributed by atoms with E-state index in [1.54, 1.807) is 0 Å². The summed E-state index contributed by atoms with van der Waals surface area (Å²) in [6.07, 6.45) is 4.26. The highest BCUT2D eigenvalue weighted by Crippen LogP contribution is 2.20. The van der Waals surface area contributed by atoms with Crippen LogP contribution >= 0.6 is 0 Å². The van der Waals surface area contributed by atoms with Crippen LogP contribution in [0.3, 0.4) is 0 Å². The largest absolute Gasteiger partial charge is 0.494 e. The number of carbonyl (C=O) groups is 1. The summed E-state index contributed by atoms with van der Waals surface area (Å²) in [7, 11) is 0. The molecule has 1 aliphatic heterocycles. The van der Waals surface area contributed by atoms with Gasteiger partial charge in [-0.05, 0) is 67.6 Å². The van der Waals surface area contributed by atoms with Crippen LogP contribution in [0.2, 0.25) is 0 Å². The van der Waals surface area contributed by atoms with Crippen molar-refractivity contribution in [3.05, 3.63) is 84.4 Å². The minimum absolute atomic E-state index is 0.123. The predicted octanol–water partition coefficient (Wildman–Crippen LogP) is 5.31. The maximum absolute atomic E-state index is 12.3. The maximum Gasteiger partial charge on any atom is 0.243 e. The quantitative estimate of drug-likeness (QED) is 0.359. The average Bonchev–Trinajstić information content (AvgIpc) is 3.40. The minimum atomic E-state index is -0.123. The molecule has 1 saturated heterocycles. The van der Waals surface area contributed by atoms with Crippen molar-refractivity contribution in [3.8, 4) is 11.5 Å². The summed E-state index contributed by atoms with van der Waals surface area (Å²) in [4.78, 5) is 12.3. The van der Waals surface area contributed by atoms with E-state index in [0.29, 0.717) is 13.2 Å². The van der Waals surface area contributed by atoms with Crippen molar-refractivity contribution in [1.82, 2.24) is 0 Å². The Morgan fingerprint density at radius 3 is 2.56 bits per heavy atom. The standard InChI is InChI=1S/C28H32N2O4/c31-28(30-23-13-15-25(16-14-23)34-21-27-12-6-18-33-27)20-29-24-10-4-11-26(19-24)32-17-5-9-22-7-2-1-3-8-22/h1-4,7-8,10-11,13-16,19,27,29H,5-6,9,12,17-18,20-21H2,(H,30,31). The fourth-order valence-corrected chi connectivity index (χ4v) is 3.79. The summed E-state index contributed by atoms with van der Waals surface area (Å²) in [6.45, 7) is 2.19. The smallest absolute Gasteiger partial charge is 0.243 e. The number of benzene rings is 3. The molecule has 0 aromatic heterocycles. The van der Waals surface area contributed by atoms with Gasteiger partial charge in [0.15, 0.2) is 0 Å². The zero-order chi connectivity index (χ0) is 23.4. The molecule has 6 nitrogen and oxygen atoms in total. The van der Waals surface area contributed by atoms with E-state index in [9.17, 15) is 4.79 Å². The lowest BCUT2D eigenvalue weighted by molar-refractivity contribution is -0.114. The van der Waals surface area contributed by atoms with E-state index in [1.165, 1.54) is 5.56 Å². The Kier molecular flexibility index (Phi) is 8.80. The topological polar surface area (TPSA) is 68.8 Å². The van der Waals surface area contributed by atoms with Crippen LogP contribution in [0, 0.1) is 0 Å². The molecule has 1 fully saturated rings. The lowest BCUT2D eigenvalue weighted by atomic mass is 10.1. The third kappa shape index (κ3) is 7.81. The molecule has 0 radical (unpaired) electrons. The first-order valence-electron chi connectivity index (χ1n) is 11.9. The molecule has 4 rings (SSSR count). The lowest BCUT2D eigenvalue weighted by Gasteiger charge is -2.12. The Morgan fingerprint density at radius 2 is 1.76 bits per heavy atom. The van der Waals surface area contributed by atoms with Gasteiger partial charge in [0.05, 0.1) is 19.3 Å². The van der Waals surface area contributed by atoms with Crippen LogP contribution in [0.25, 0.3) is 0 Å². The van der Waals surface area contributed by atoms with E-state index < -0.39 is 0 Å². The van der Waals surface area contributed by atoms with Crippen molar-refractivity contribution in [2.45, 2.75) is 31.8 Å². The normalized spacial score (nSPS) is 15.0. The Hall–Kier alpha value is -3.51. The van der Waals surface area contributed by atoms with Crippen molar-refractivity contribution < 1.29 is 19.0 Å². The summed E-state index contributed by atoms with van der Waals surface area (Å²) in [5.74, 6) is 1.44. The van der Waals surface area contributed by atoms with Crippen LogP contribution < -0.4 is 20.1 Å². The Morgan fingerprint density at radius 1 is 0.912 bits per heavy atom. The molecule has 34 heavy (non-hydrogen) atoms. The number of carbonyl (C=O) groups excluding carboxylic acids is 1. The third-order valence-electron chi connectivity index (χ3n) is 5.61. The molecule has 0 aliphatic carbocycles. The second-order valence-electron chi connectivity index (χ2n) is 8.34. The Labute approximate surface area is 201 Å².